The standard InChI is InChI=1S/C17H18N4/c1-13(2)12-14-8-10-15(11-9-14)17-18-20-21(19-17)16-6-4-3-5-7-16/h3-11,13H,12H2,1-2H3. The maximum atomic E-state index is 4.44. The molecular weight excluding hydrogens is 260 g/mol. The van der Waals surface area contributed by atoms with Crippen molar-refractivity contribution in [2.75, 3.05) is 0 Å². The van der Waals surface area contributed by atoms with Gasteiger partial charge in [-0.2, -0.15) is 0 Å². The SMILES string of the molecule is CC(C)Cc1ccc(-c2nnn(-c3ccccc3)n2)cc1. The van der Waals surface area contributed by atoms with Gasteiger partial charge in [-0.3, -0.25) is 0 Å². The Morgan fingerprint density at radius 3 is 2.33 bits per heavy atom. The van der Waals surface area contributed by atoms with Gasteiger partial charge in [-0.1, -0.05) is 56.3 Å². The Morgan fingerprint density at radius 1 is 0.952 bits per heavy atom. The second-order valence-corrected chi connectivity index (χ2v) is 5.53. The molecular formula is C17H18N4. The fourth-order valence-corrected chi connectivity index (χ4v) is 2.26. The van der Waals surface area contributed by atoms with Gasteiger partial charge in [-0.25, -0.2) is 0 Å². The Kier molecular flexibility index (Phi) is 3.77. The molecule has 21 heavy (non-hydrogen) atoms. The number of hydrogen-bond donors (Lipinski definition) is 0. The molecule has 4 nitrogen and oxygen atoms in total. The van der Waals surface area contributed by atoms with Gasteiger partial charge < -0.3 is 0 Å². The number of rotatable bonds is 4. The fourth-order valence-electron chi connectivity index (χ4n) is 2.26. The first kappa shape index (κ1) is 13.5. The van der Waals surface area contributed by atoms with Gasteiger partial charge in [0.15, 0.2) is 0 Å². The molecule has 4 heteroatoms. The van der Waals surface area contributed by atoms with Gasteiger partial charge in [0.1, 0.15) is 0 Å². The van der Waals surface area contributed by atoms with Crippen molar-refractivity contribution in [3.05, 3.63) is 60.2 Å². The maximum absolute atomic E-state index is 4.44. The molecule has 0 radical (unpaired) electrons. The highest BCUT2D eigenvalue weighted by Crippen LogP contribution is 2.17. The Hall–Kier alpha value is -2.49. The summed E-state index contributed by atoms with van der Waals surface area (Å²) in [4.78, 5) is 1.55. The van der Waals surface area contributed by atoms with Crippen molar-refractivity contribution in [1.29, 1.82) is 0 Å². The van der Waals surface area contributed by atoms with Crippen LogP contribution in [0.15, 0.2) is 54.6 Å². The van der Waals surface area contributed by atoms with Crippen LogP contribution in [0.1, 0.15) is 19.4 Å². The Bertz CT molecular complexity index is 699. The van der Waals surface area contributed by atoms with Crippen LogP contribution in [0.5, 0.6) is 0 Å². The molecule has 0 amide bonds. The van der Waals surface area contributed by atoms with Crippen LogP contribution in [0.4, 0.5) is 0 Å². The summed E-state index contributed by atoms with van der Waals surface area (Å²) in [6.07, 6.45) is 1.09. The maximum Gasteiger partial charge on any atom is 0.205 e. The first-order valence-corrected chi connectivity index (χ1v) is 7.17. The molecule has 2 aromatic carbocycles. The third-order valence-corrected chi connectivity index (χ3v) is 3.26. The van der Waals surface area contributed by atoms with Crippen LogP contribution in [-0.2, 0) is 6.42 Å². The van der Waals surface area contributed by atoms with E-state index in [1.807, 2.05) is 30.3 Å². The van der Waals surface area contributed by atoms with Crippen molar-refractivity contribution in [3.63, 3.8) is 0 Å². The van der Waals surface area contributed by atoms with Crippen LogP contribution in [0, 0.1) is 5.92 Å². The average molecular weight is 278 g/mol. The van der Waals surface area contributed by atoms with Crippen LogP contribution in [0.25, 0.3) is 17.1 Å². The lowest BCUT2D eigenvalue weighted by atomic mass is 10.0. The summed E-state index contributed by atoms with van der Waals surface area (Å²) in [6.45, 7) is 4.45. The number of tetrazole rings is 1. The predicted molar refractivity (Wildman–Crippen MR) is 83.1 cm³/mol. The van der Waals surface area contributed by atoms with Gasteiger partial charge in [0, 0.05) is 5.56 Å². The van der Waals surface area contributed by atoms with E-state index in [2.05, 4.69) is 53.5 Å². The van der Waals surface area contributed by atoms with Gasteiger partial charge in [0.25, 0.3) is 0 Å². The smallest absolute Gasteiger partial charge is 0.130 e. The minimum Gasteiger partial charge on any atom is -0.130 e. The lowest BCUT2D eigenvalue weighted by Gasteiger charge is -2.04. The quantitative estimate of drug-likeness (QED) is 0.733. The van der Waals surface area contributed by atoms with E-state index in [1.54, 1.807) is 4.80 Å². The van der Waals surface area contributed by atoms with Crippen LogP contribution < -0.4 is 0 Å². The van der Waals surface area contributed by atoms with Crippen molar-refractivity contribution in [2.24, 2.45) is 5.92 Å². The molecule has 0 fully saturated rings. The topological polar surface area (TPSA) is 43.6 Å². The zero-order valence-electron chi connectivity index (χ0n) is 12.3. The molecule has 0 aliphatic heterocycles. The van der Waals surface area contributed by atoms with E-state index >= 15 is 0 Å². The largest absolute Gasteiger partial charge is 0.205 e. The summed E-state index contributed by atoms with van der Waals surface area (Å²) in [5.74, 6) is 1.31. The summed E-state index contributed by atoms with van der Waals surface area (Å²) in [5.41, 5.74) is 3.24. The molecule has 106 valence electrons. The monoisotopic (exact) mass is 278 g/mol. The number of aromatic nitrogens is 4. The van der Waals surface area contributed by atoms with Crippen LogP contribution in [0.3, 0.4) is 0 Å². The van der Waals surface area contributed by atoms with Crippen LogP contribution in [0.2, 0.25) is 0 Å². The summed E-state index contributed by atoms with van der Waals surface area (Å²) in [5, 5.41) is 12.7. The summed E-state index contributed by atoms with van der Waals surface area (Å²) < 4.78 is 0. The highest BCUT2D eigenvalue weighted by molar-refractivity contribution is 5.54. The van der Waals surface area contributed by atoms with Gasteiger partial charge in [-0.05, 0) is 35.2 Å². The van der Waals surface area contributed by atoms with Gasteiger partial charge in [0.05, 0.1) is 5.69 Å². The van der Waals surface area contributed by atoms with E-state index in [0.717, 1.165) is 17.7 Å². The Morgan fingerprint density at radius 2 is 1.67 bits per heavy atom. The van der Waals surface area contributed by atoms with Crippen molar-refractivity contribution in [1.82, 2.24) is 20.2 Å². The third-order valence-electron chi connectivity index (χ3n) is 3.26. The average Bonchev–Trinajstić information content (AvgIpc) is 2.98. The van der Waals surface area contributed by atoms with Gasteiger partial charge in [-0.15, -0.1) is 15.0 Å². The van der Waals surface area contributed by atoms with Crippen molar-refractivity contribution in [2.45, 2.75) is 20.3 Å². The minimum absolute atomic E-state index is 0.648. The molecule has 0 aliphatic carbocycles. The molecule has 1 aromatic heterocycles. The Balaban J connectivity index is 1.83. The van der Waals surface area contributed by atoms with E-state index in [9.17, 15) is 0 Å². The van der Waals surface area contributed by atoms with E-state index in [0.29, 0.717) is 11.7 Å². The van der Waals surface area contributed by atoms with Crippen molar-refractivity contribution in [3.8, 4) is 17.1 Å². The molecule has 0 spiro atoms. The molecule has 0 bridgehead atoms. The van der Waals surface area contributed by atoms with E-state index < -0.39 is 0 Å². The summed E-state index contributed by atoms with van der Waals surface area (Å²) in [7, 11) is 0. The first-order valence-electron chi connectivity index (χ1n) is 7.17. The molecule has 0 aliphatic rings. The molecule has 0 saturated carbocycles. The van der Waals surface area contributed by atoms with E-state index in [1.165, 1.54) is 5.56 Å². The molecule has 0 saturated heterocycles. The number of hydrogen-bond acceptors (Lipinski definition) is 3. The summed E-state index contributed by atoms with van der Waals surface area (Å²) >= 11 is 0. The molecule has 0 atom stereocenters. The van der Waals surface area contributed by atoms with Gasteiger partial charge in [0.2, 0.25) is 5.82 Å². The van der Waals surface area contributed by atoms with Crippen molar-refractivity contribution >= 4 is 0 Å². The Labute approximate surface area is 124 Å². The second-order valence-electron chi connectivity index (χ2n) is 5.53. The number of nitrogens with zero attached hydrogens (tertiary/aromatic N) is 4. The lowest BCUT2D eigenvalue weighted by Crippen LogP contribution is -1.98. The van der Waals surface area contributed by atoms with Crippen LogP contribution >= 0.6 is 0 Å². The molecule has 0 N–H and O–H groups in total. The highest BCUT2D eigenvalue weighted by Gasteiger charge is 2.07. The summed E-state index contributed by atoms with van der Waals surface area (Å²) in [6, 6.07) is 18.2. The molecule has 3 aromatic rings. The zero-order chi connectivity index (χ0) is 14.7. The third kappa shape index (κ3) is 3.16. The second kappa shape index (κ2) is 5.87. The van der Waals surface area contributed by atoms with E-state index in [-0.39, 0.29) is 0 Å². The normalized spacial score (nSPS) is 11.0. The number of benzene rings is 2. The molecule has 0 unspecified atom stereocenters. The fraction of sp³-hybridized carbons (Fsp3) is 0.235. The molecule has 1 heterocycles. The molecule has 3 rings (SSSR count). The first-order chi connectivity index (χ1) is 10.2. The van der Waals surface area contributed by atoms with Crippen molar-refractivity contribution < 1.29 is 0 Å². The zero-order valence-corrected chi connectivity index (χ0v) is 12.3. The minimum atomic E-state index is 0.648. The van der Waals surface area contributed by atoms with Crippen LogP contribution in [-0.4, -0.2) is 20.2 Å². The number of para-hydroxylation sites is 1. The lowest BCUT2D eigenvalue weighted by molar-refractivity contribution is 0.647. The highest BCUT2D eigenvalue weighted by atomic mass is 15.6. The van der Waals surface area contributed by atoms with Gasteiger partial charge >= 0.3 is 0 Å². The van der Waals surface area contributed by atoms with E-state index in [4.69, 9.17) is 0 Å². The predicted octanol–water partition coefficient (Wildman–Crippen LogP) is 3.53.